The van der Waals surface area contributed by atoms with Crippen LogP contribution >= 0.6 is 11.8 Å². The normalized spacial score (nSPS) is 12.0. The summed E-state index contributed by atoms with van der Waals surface area (Å²) in [6.45, 7) is 6.36. The van der Waals surface area contributed by atoms with Crippen molar-refractivity contribution in [1.29, 1.82) is 0 Å². The molecule has 0 aliphatic carbocycles. The zero-order valence-corrected chi connectivity index (χ0v) is 15.7. The maximum absolute atomic E-state index is 12.5. The lowest BCUT2D eigenvalue weighted by Gasteiger charge is -2.14. The predicted octanol–water partition coefficient (Wildman–Crippen LogP) is 2.85. The molecule has 0 spiro atoms. The van der Waals surface area contributed by atoms with Crippen LogP contribution in [0.2, 0.25) is 0 Å². The van der Waals surface area contributed by atoms with E-state index in [9.17, 15) is 4.79 Å². The molecule has 0 saturated carbocycles. The zero-order chi connectivity index (χ0) is 18.2. The second kappa shape index (κ2) is 9.31. The van der Waals surface area contributed by atoms with E-state index in [0.717, 1.165) is 25.1 Å². The van der Waals surface area contributed by atoms with Crippen molar-refractivity contribution in [2.45, 2.75) is 50.4 Å². The van der Waals surface area contributed by atoms with E-state index >= 15 is 0 Å². The fourth-order valence-electron chi connectivity index (χ4n) is 2.19. The minimum Gasteiger partial charge on any atom is -0.492 e. The average Bonchev–Trinajstić information content (AvgIpc) is 2.95. The van der Waals surface area contributed by atoms with E-state index in [0.29, 0.717) is 23.2 Å². The van der Waals surface area contributed by atoms with Crippen LogP contribution in [0.1, 0.15) is 39.4 Å². The molecule has 3 N–H and O–H groups in total. The Morgan fingerprint density at radius 2 is 2.12 bits per heavy atom. The number of benzene rings is 1. The van der Waals surface area contributed by atoms with Gasteiger partial charge in [0.1, 0.15) is 5.75 Å². The topological polar surface area (TPSA) is 95.1 Å². The maximum Gasteiger partial charge on any atom is 0.237 e. The molecule has 0 fully saturated rings. The van der Waals surface area contributed by atoms with Gasteiger partial charge in [-0.3, -0.25) is 4.79 Å². The lowest BCUT2D eigenvalue weighted by atomic mass is 10.2. The van der Waals surface area contributed by atoms with Gasteiger partial charge in [-0.15, -0.1) is 10.2 Å². The zero-order valence-electron chi connectivity index (χ0n) is 14.9. The predicted molar refractivity (Wildman–Crippen MR) is 100 cm³/mol. The Morgan fingerprint density at radius 1 is 1.36 bits per heavy atom. The van der Waals surface area contributed by atoms with E-state index < -0.39 is 0 Å². The van der Waals surface area contributed by atoms with E-state index in [2.05, 4.69) is 22.4 Å². The molecule has 8 heteroatoms. The van der Waals surface area contributed by atoms with Crippen LogP contribution in [0.25, 0.3) is 0 Å². The van der Waals surface area contributed by atoms with Gasteiger partial charge >= 0.3 is 0 Å². The van der Waals surface area contributed by atoms with Gasteiger partial charge in [-0.05, 0) is 32.4 Å². The molecule has 2 aromatic rings. The van der Waals surface area contributed by atoms with Crippen molar-refractivity contribution in [3.63, 3.8) is 0 Å². The van der Waals surface area contributed by atoms with Gasteiger partial charge in [-0.2, -0.15) is 0 Å². The molecule has 1 aromatic carbocycles. The highest BCUT2D eigenvalue weighted by atomic mass is 32.2. The van der Waals surface area contributed by atoms with E-state index in [-0.39, 0.29) is 11.2 Å². The van der Waals surface area contributed by atoms with Gasteiger partial charge in [0.25, 0.3) is 0 Å². The molecule has 2 rings (SSSR count). The van der Waals surface area contributed by atoms with Crippen LogP contribution in [-0.2, 0) is 11.2 Å². The number of amides is 1. The average molecular weight is 363 g/mol. The maximum atomic E-state index is 12.5. The number of thioether (sulfide) groups is 1. The van der Waals surface area contributed by atoms with Crippen molar-refractivity contribution in [2.75, 3.05) is 17.8 Å². The number of carbonyl (C=O) groups excluding carboxylic acids is 1. The third kappa shape index (κ3) is 5.12. The number of unbranched alkanes of at least 4 members (excludes halogenated alkanes) is 1. The summed E-state index contributed by atoms with van der Waals surface area (Å²) in [7, 11) is 0. The van der Waals surface area contributed by atoms with Gasteiger partial charge in [0.2, 0.25) is 11.1 Å². The first-order valence-electron chi connectivity index (χ1n) is 8.45. The molecule has 1 atom stereocenters. The van der Waals surface area contributed by atoms with E-state index in [1.54, 1.807) is 0 Å². The molecule has 1 amide bonds. The van der Waals surface area contributed by atoms with E-state index in [1.165, 1.54) is 16.4 Å². The molecule has 7 nitrogen and oxygen atoms in total. The summed E-state index contributed by atoms with van der Waals surface area (Å²) >= 11 is 1.28. The van der Waals surface area contributed by atoms with Gasteiger partial charge in [0, 0.05) is 6.42 Å². The molecular weight excluding hydrogens is 338 g/mol. The number of aryl methyl sites for hydroxylation is 1. The quantitative estimate of drug-likeness (QED) is 0.525. The fraction of sp³-hybridized carbons (Fsp3) is 0.471. The van der Waals surface area contributed by atoms with Gasteiger partial charge in [-0.1, -0.05) is 37.2 Å². The van der Waals surface area contributed by atoms with Crippen LogP contribution in [0.5, 0.6) is 5.75 Å². The van der Waals surface area contributed by atoms with Gasteiger partial charge in [-0.25, -0.2) is 4.68 Å². The Labute approximate surface area is 152 Å². The minimum atomic E-state index is -0.375. The summed E-state index contributed by atoms with van der Waals surface area (Å²) in [6.07, 6.45) is 2.85. The molecule has 1 aromatic heterocycles. The first-order valence-corrected chi connectivity index (χ1v) is 9.33. The lowest BCUT2D eigenvalue weighted by molar-refractivity contribution is -0.115. The highest BCUT2D eigenvalue weighted by Crippen LogP contribution is 2.26. The van der Waals surface area contributed by atoms with Crippen molar-refractivity contribution in [1.82, 2.24) is 14.9 Å². The van der Waals surface area contributed by atoms with E-state index in [4.69, 9.17) is 10.6 Å². The largest absolute Gasteiger partial charge is 0.492 e. The standard InChI is InChI=1S/C17H25N5O2S/c1-4-6-11-15-20-21-17(22(15)18)25-12(3)16(23)19-13-9-7-8-10-14(13)24-5-2/h7-10,12H,4-6,11,18H2,1-3H3,(H,19,23)/t12-/m1/s1. The number of carbonyl (C=O) groups is 1. The number of rotatable bonds is 9. The summed E-state index contributed by atoms with van der Waals surface area (Å²) in [5.74, 6) is 7.27. The van der Waals surface area contributed by atoms with Crippen molar-refractivity contribution < 1.29 is 9.53 Å². The number of nitrogen functional groups attached to an aromatic ring is 1. The smallest absolute Gasteiger partial charge is 0.237 e. The third-order valence-corrected chi connectivity index (χ3v) is 4.64. The highest BCUT2D eigenvalue weighted by molar-refractivity contribution is 8.00. The van der Waals surface area contributed by atoms with Gasteiger partial charge < -0.3 is 15.9 Å². The molecule has 0 radical (unpaired) electrons. The van der Waals surface area contributed by atoms with Crippen LogP contribution < -0.4 is 15.9 Å². The number of aromatic nitrogens is 3. The van der Waals surface area contributed by atoms with Crippen LogP contribution in [0.15, 0.2) is 29.4 Å². The fourth-order valence-corrected chi connectivity index (χ4v) is 2.98. The Bertz CT molecular complexity index is 704. The molecule has 0 saturated heterocycles. The minimum absolute atomic E-state index is 0.143. The molecule has 25 heavy (non-hydrogen) atoms. The van der Waals surface area contributed by atoms with Crippen LogP contribution in [-0.4, -0.2) is 32.6 Å². The molecule has 0 bridgehead atoms. The number of ether oxygens (including phenoxy) is 1. The highest BCUT2D eigenvalue weighted by Gasteiger charge is 2.20. The summed E-state index contributed by atoms with van der Waals surface area (Å²) in [5.41, 5.74) is 0.652. The van der Waals surface area contributed by atoms with Crippen LogP contribution in [0, 0.1) is 0 Å². The van der Waals surface area contributed by atoms with Gasteiger partial charge in [0.15, 0.2) is 5.82 Å². The number of hydrogen-bond acceptors (Lipinski definition) is 6. The summed E-state index contributed by atoms with van der Waals surface area (Å²) in [5, 5.41) is 11.2. The third-order valence-electron chi connectivity index (χ3n) is 3.59. The van der Waals surface area contributed by atoms with Crippen molar-refractivity contribution >= 4 is 23.4 Å². The SMILES string of the molecule is CCCCc1nnc(S[C@H](C)C(=O)Nc2ccccc2OCC)n1N. The first kappa shape index (κ1) is 19.1. The summed E-state index contributed by atoms with van der Waals surface area (Å²) < 4.78 is 7.00. The number of para-hydroxylation sites is 2. The molecule has 0 aliphatic heterocycles. The van der Waals surface area contributed by atoms with Crippen LogP contribution in [0.3, 0.4) is 0 Å². The molecule has 1 heterocycles. The number of nitrogens with one attached hydrogen (secondary N) is 1. The Morgan fingerprint density at radius 3 is 2.84 bits per heavy atom. The molecule has 136 valence electrons. The number of hydrogen-bond donors (Lipinski definition) is 2. The number of nitrogens with two attached hydrogens (primary N) is 1. The number of nitrogens with zero attached hydrogens (tertiary/aromatic N) is 3. The first-order chi connectivity index (χ1) is 12.1. The van der Waals surface area contributed by atoms with Crippen molar-refractivity contribution in [2.24, 2.45) is 0 Å². The van der Waals surface area contributed by atoms with Gasteiger partial charge in [0.05, 0.1) is 17.5 Å². The second-order valence-electron chi connectivity index (χ2n) is 5.55. The Hall–Kier alpha value is -2.22. The summed E-state index contributed by atoms with van der Waals surface area (Å²) in [6, 6.07) is 7.36. The lowest BCUT2D eigenvalue weighted by Crippen LogP contribution is -2.24. The van der Waals surface area contributed by atoms with Crippen molar-refractivity contribution in [3.05, 3.63) is 30.1 Å². The molecule has 0 aliphatic rings. The molecular formula is C17H25N5O2S. The second-order valence-corrected chi connectivity index (χ2v) is 6.86. The van der Waals surface area contributed by atoms with Crippen molar-refractivity contribution in [3.8, 4) is 5.75 Å². The monoisotopic (exact) mass is 363 g/mol. The number of anilines is 1. The Kier molecular flexibility index (Phi) is 7.12. The Balaban J connectivity index is 2.00. The summed E-state index contributed by atoms with van der Waals surface area (Å²) in [4.78, 5) is 12.5. The van der Waals surface area contributed by atoms with E-state index in [1.807, 2.05) is 38.1 Å². The molecule has 0 unspecified atom stereocenters. The van der Waals surface area contributed by atoms with Crippen LogP contribution in [0.4, 0.5) is 5.69 Å².